The largest absolute Gasteiger partial charge is 0.383 e. The third-order valence-electron chi connectivity index (χ3n) is 1.90. The van der Waals surface area contributed by atoms with Crippen LogP contribution in [0, 0.1) is 17.1 Å². The molecule has 1 rings (SSSR count). The minimum absolute atomic E-state index is 0.108. The number of hydrogen-bond acceptors (Lipinski definition) is 3. The van der Waals surface area contributed by atoms with E-state index in [-0.39, 0.29) is 16.7 Å². The van der Waals surface area contributed by atoms with Gasteiger partial charge in [0.2, 0.25) is 0 Å². The molecule has 0 aliphatic carbocycles. The zero-order valence-corrected chi connectivity index (χ0v) is 10.8. The topological polar surface area (TPSA) is 39.9 Å². The molecule has 0 aromatic carbocycles. The van der Waals surface area contributed by atoms with Crippen molar-refractivity contribution >= 4 is 23.2 Å². The monoisotopic (exact) mass is 273 g/mol. The average Bonchev–Trinajstić information content (AvgIpc) is 2.24. The van der Waals surface area contributed by atoms with Crippen molar-refractivity contribution in [3.8, 4) is 6.07 Å². The maximum atomic E-state index is 13.2. The van der Waals surface area contributed by atoms with Crippen LogP contribution in [0.3, 0.4) is 0 Å². The third-order valence-corrected chi connectivity index (χ3v) is 2.49. The first-order valence-corrected chi connectivity index (χ1v) is 5.47. The number of nitriles is 1. The van der Waals surface area contributed by atoms with Crippen molar-refractivity contribution in [3.05, 3.63) is 39.5 Å². The van der Waals surface area contributed by atoms with Crippen molar-refractivity contribution in [1.29, 1.82) is 5.26 Å². The molecular weight excluding hydrogens is 264 g/mol. The maximum absolute atomic E-state index is 13.2. The van der Waals surface area contributed by atoms with Crippen molar-refractivity contribution in [2.45, 2.75) is 6.42 Å². The number of allylic oxidation sites excluding steroid dienone is 1. The summed E-state index contributed by atoms with van der Waals surface area (Å²) in [6.45, 7) is 0. The number of rotatable bonds is 3. The van der Waals surface area contributed by atoms with E-state index in [0.717, 1.165) is 0 Å². The predicted octanol–water partition coefficient (Wildman–Crippen LogP) is 3.04. The Morgan fingerprint density at radius 2 is 2.18 bits per heavy atom. The number of halogens is 3. The Kier molecular flexibility index (Phi) is 4.73. The Labute approximate surface area is 109 Å². The van der Waals surface area contributed by atoms with Gasteiger partial charge in [-0.05, 0) is 11.6 Å². The zero-order chi connectivity index (χ0) is 13.0. The molecule has 0 atom stereocenters. The molecule has 0 amide bonds. The lowest BCUT2D eigenvalue weighted by molar-refractivity contribution is 0.558. The molecule has 0 spiro atoms. The average molecular weight is 274 g/mol. The lowest BCUT2D eigenvalue weighted by atomic mass is 10.1. The fourth-order valence-corrected chi connectivity index (χ4v) is 1.63. The van der Waals surface area contributed by atoms with Gasteiger partial charge < -0.3 is 4.90 Å². The van der Waals surface area contributed by atoms with Gasteiger partial charge in [-0.1, -0.05) is 23.2 Å². The SMILES string of the molecule is CN(C)C=C(C#N)Cc1cc(F)c(Cl)nc1Cl. The standard InChI is InChI=1S/C11H10Cl2FN3/c1-17(2)6-7(5-15)3-8-4-9(14)11(13)16-10(8)12/h4,6H,3H2,1-2H3. The quantitative estimate of drug-likeness (QED) is 0.628. The van der Waals surface area contributed by atoms with Crippen LogP contribution in [0.2, 0.25) is 10.3 Å². The van der Waals surface area contributed by atoms with Crippen molar-refractivity contribution in [1.82, 2.24) is 9.88 Å². The van der Waals surface area contributed by atoms with E-state index in [9.17, 15) is 4.39 Å². The molecule has 0 bridgehead atoms. The first-order valence-electron chi connectivity index (χ1n) is 4.71. The normalized spacial score (nSPS) is 11.2. The number of hydrogen-bond donors (Lipinski definition) is 0. The minimum atomic E-state index is -0.645. The molecule has 0 aliphatic rings. The van der Waals surface area contributed by atoms with Gasteiger partial charge in [-0.15, -0.1) is 0 Å². The number of aromatic nitrogens is 1. The molecule has 0 fully saturated rings. The third kappa shape index (κ3) is 3.88. The van der Waals surface area contributed by atoms with Crippen LogP contribution in [0.4, 0.5) is 4.39 Å². The molecule has 17 heavy (non-hydrogen) atoms. The van der Waals surface area contributed by atoms with Crippen LogP contribution >= 0.6 is 23.2 Å². The van der Waals surface area contributed by atoms with Crippen LogP contribution in [0.15, 0.2) is 17.8 Å². The predicted molar refractivity (Wildman–Crippen MR) is 65.3 cm³/mol. The highest BCUT2D eigenvalue weighted by molar-refractivity contribution is 6.32. The van der Waals surface area contributed by atoms with E-state index < -0.39 is 5.82 Å². The lowest BCUT2D eigenvalue weighted by Gasteiger charge is -2.08. The van der Waals surface area contributed by atoms with E-state index in [1.165, 1.54) is 6.07 Å². The summed E-state index contributed by atoms with van der Waals surface area (Å²) in [7, 11) is 3.58. The fourth-order valence-electron chi connectivity index (χ4n) is 1.24. The molecule has 0 aliphatic heterocycles. The van der Waals surface area contributed by atoms with E-state index >= 15 is 0 Å². The number of pyridine rings is 1. The molecule has 1 aromatic rings. The van der Waals surface area contributed by atoms with E-state index in [0.29, 0.717) is 11.1 Å². The van der Waals surface area contributed by atoms with Gasteiger partial charge in [0.25, 0.3) is 0 Å². The summed E-state index contributed by atoms with van der Waals surface area (Å²) >= 11 is 11.3. The maximum Gasteiger partial charge on any atom is 0.166 e. The minimum Gasteiger partial charge on any atom is -0.383 e. The van der Waals surface area contributed by atoms with Crippen molar-refractivity contribution in [2.75, 3.05) is 14.1 Å². The van der Waals surface area contributed by atoms with Gasteiger partial charge in [-0.25, -0.2) is 9.37 Å². The molecule has 0 saturated carbocycles. The summed E-state index contributed by atoms with van der Waals surface area (Å²) in [6.07, 6.45) is 1.86. The first kappa shape index (κ1) is 13.8. The highest BCUT2D eigenvalue weighted by atomic mass is 35.5. The summed E-state index contributed by atoms with van der Waals surface area (Å²) in [5.74, 6) is -0.645. The number of nitrogens with zero attached hydrogens (tertiary/aromatic N) is 3. The lowest BCUT2D eigenvalue weighted by Crippen LogP contribution is -2.04. The summed E-state index contributed by atoms with van der Waals surface area (Å²) in [5.41, 5.74) is 0.892. The smallest absolute Gasteiger partial charge is 0.166 e. The van der Waals surface area contributed by atoms with E-state index in [2.05, 4.69) is 4.98 Å². The second-order valence-electron chi connectivity index (χ2n) is 3.62. The van der Waals surface area contributed by atoms with E-state index in [1.807, 2.05) is 6.07 Å². The van der Waals surface area contributed by atoms with Crippen LogP contribution in [0.5, 0.6) is 0 Å². The van der Waals surface area contributed by atoms with Crippen LogP contribution in [-0.4, -0.2) is 24.0 Å². The van der Waals surface area contributed by atoms with Crippen LogP contribution in [0.25, 0.3) is 0 Å². The van der Waals surface area contributed by atoms with Crippen molar-refractivity contribution in [3.63, 3.8) is 0 Å². The van der Waals surface area contributed by atoms with Crippen LogP contribution in [0.1, 0.15) is 5.56 Å². The Morgan fingerprint density at radius 3 is 2.71 bits per heavy atom. The first-order chi connectivity index (χ1) is 7.93. The summed E-state index contributed by atoms with van der Waals surface area (Å²) in [6, 6.07) is 3.21. The molecule has 0 radical (unpaired) electrons. The van der Waals surface area contributed by atoms with Gasteiger partial charge >= 0.3 is 0 Å². The van der Waals surface area contributed by atoms with Crippen molar-refractivity contribution in [2.24, 2.45) is 0 Å². The molecule has 0 saturated heterocycles. The fraction of sp³-hybridized carbons (Fsp3) is 0.273. The Balaban J connectivity index is 3.03. The second kappa shape index (κ2) is 5.85. The zero-order valence-electron chi connectivity index (χ0n) is 9.34. The van der Waals surface area contributed by atoms with Crippen LogP contribution in [-0.2, 0) is 6.42 Å². The molecule has 6 heteroatoms. The van der Waals surface area contributed by atoms with Gasteiger partial charge in [0.15, 0.2) is 11.0 Å². The highest BCUT2D eigenvalue weighted by Crippen LogP contribution is 2.22. The van der Waals surface area contributed by atoms with E-state index in [4.69, 9.17) is 28.5 Å². The molecular formula is C11H10Cl2FN3. The molecule has 1 aromatic heterocycles. The van der Waals surface area contributed by atoms with Gasteiger partial charge in [0, 0.05) is 32.3 Å². The van der Waals surface area contributed by atoms with Gasteiger partial charge in [0.05, 0.1) is 6.07 Å². The molecule has 3 nitrogen and oxygen atoms in total. The Morgan fingerprint density at radius 1 is 1.53 bits per heavy atom. The Bertz CT molecular complexity index is 492. The molecule has 0 N–H and O–H groups in total. The Hall–Kier alpha value is -1.31. The molecule has 1 heterocycles. The summed E-state index contributed by atoms with van der Waals surface area (Å²) in [4.78, 5) is 5.37. The highest BCUT2D eigenvalue weighted by Gasteiger charge is 2.10. The van der Waals surface area contributed by atoms with Crippen molar-refractivity contribution < 1.29 is 4.39 Å². The molecule has 0 unspecified atom stereocenters. The van der Waals surface area contributed by atoms with Gasteiger partial charge in [-0.2, -0.15) is 5.26 Å². The summed E-state index contributed by atoms with van der Waals surface area (Å²) in [5, 5.41) is 8.76. The van der Waals surface area contributed by atoms with Gasteiger partial charge in [0.1, 0.15) is 5.15 Å². The van der Waals surface area contributed by atoms with Crippen LogP contribution < -0.4 is 0 Å². The second-order valence-corrected chi connectivity index (χ2v) is 4.33. The molecule has 90 valence electrons. The van der Waals surface area contributed by atoms with Gasteiger partial charge in [-0.3, -0.25) is 0 Å². The summed E-state index contributed by atoms with van der Waals surface area (Å²) < 4.78 is 13.2. The van der Waals surface area contributed by atoms with E-state index in [1.54, 1.807) is 25.2 Å².